The number of methoxy groups -OCH3 is 2. The Morgan fingerprint density at radius 1 is 1.00 bits per heavy atom. The Morgan fingerprint density at radius 3 is 2.20 bits per heavy atom. The zero-order valence-corrected chi connectivity index (χ0v) is 15.0. The monoisotopic (exact) mass is 383 g/mol. The van der Waals surface area contributed by atoms with E-state index in [0.29, 0.717) is 22.2 Å². The molecule has 0 heterocycles. The smallest absolute Gasteiger partial charge is 0.340 e. The second kappa shape index (κ2) is 8.60. The lowest BCUT2D eigenvalue weighted by atomic mass is 10.2. The Labute approximate surface area is 154 Å². The molecule has 0 radical (unpaired) electrons. The molecule has 0 aliphatic carbocycles. The maximum absolute atomic E-state index is 12.0. The van der Waals surface area contributed by atoms with Gasteiger partial charge in [0.1, 0.15) is 11.5 Å². The van der Waals surface area contributed by atoms with E-state index in [-0.39, 0.29) is 10.6 Å². The van der Waals surface area contributed by atoms with Gasteiger partial charge in [-0.3, -0.25) is 4.79 Å². The van der Waals surface area contributed by atoms with Crippen LogP contribution in [0.25, 0.3) is 0 Å². The van der Waals surface area contributed by atoms with E-state index in [2.05, 4.69) is 5.32 Å². The van der Waals surface area contributed by atoms with Crippen LogP contribution in [0.3, 0.4) is 0 Å². The highest BCUT2D eigenvalue weighted by Gasteiger charge is 2.14. The van der Waals surface area contributed by atoms with Gasteiger partial charge in [-0.1, -0.05) is 23.2 Å². The van der Waals surface area contributed by atoms with Gasteiger partial charge in [-0.05, 0) is 18.2 Å². The van der Waals surface area contributed by atoms with Crippen LogP contribution >= 0.6 is 23.2 Å². The number of esters is 1. The molecule has 8 heteroatoms. The summed E-state index contributed by atoms with van der Waals surface area (Å²) < 4.78 is 15.2. The van der Waals surface area contributed by atoms with Crippen LogP contribution in [-0.4, -0.2) is 32.7 Å². The van der Waals surface area contributed by atoms with Crippen LogP contribution in [-0.2, 0) is 9.53 Å². The van der Waals surface area contributed by atoms with Crippen molar-refractivity contribution >= 4 is 40.8 Å². The lowest BCUT2D eigenvalue weighted by Gasteiger charge is -2.10. The molecule has 1 amide bonds. The van der Waals surface area contributed by atoms with Crippen LogP contribution in [0.5, 0.6) is 11.5 Å². The first-order chi connectivity index (χ1) is 11.9. The molecule has 0 atom stereocenters. The minimum Gasteiger partial charge on any atom is -0.497 e. The quantitative estimate of drug-likeness (QED) is 0.767. The van der Waals surface area contributed by atoms with Crippen molar-refractivity contribution in [2.75, 3.05) is 26.1 Å². The number of hydrogen-bond acceptors (Lipinski definition) is 5. The van der Waals surface area contributed by atoms with E-state index in [1.165, 1.54) is 32.4 Å². The van der Waals surface area contributed by atoms with Gasteiger partial charge in [0.15, 0.2) is 6.61 Å². The highest BCUT2D eigenvalue weighted by molar-refractivity contribution is 6.36. The second-order valence-corrected chi connectivity index (χ2v) is 5.69. The van der Waals surface area contributed by atoms with Crippen LogP contribution in [0.15, 0.2) is 36.4 Å². The van der Waals surface area contributed by atoms with Crippen LogP contribution in [0, 0.1) is 0 Å². The topological polar surface area (TPSA) is 73.9 Å². The molecular weight excluding hydrogens is 369 g/mol. The summed E-state index contributed by atoms with van der Waals surface area (Å²) in [4.78, 5) is 23.9. The van der Waals surface area contributed by atoms with Gasteiger partial charge in [-0.15, -0.1) is 0 Å². The molecule has 0 aliphatic rings. The molecule has 0 unspecified atom stereocenters. The van der Waals surface area contributed by atoms with Gasteiger partial charge >= 0.3 is 5.97 Å². The summed E-state index contributed by atoms with van der Waals surface area (Å²) in [5, 5.41) is 3.13. The number of anilines is 1. The largest absolute Gasteiger partial charge is 0.497 e. The van der Waals surface area contributed by atoms with Crippen molar-refractivity contribution in [1.82, 2.24) is 0 Å². The van der Waals surface area contributed by atoms with Crippen molar-refractivity contribution in [2.24, 2.45) is 0 Å². The highest BCUT2D eigenvalue weighted by Crippen LogP contribution is 2.26. The first-order valence-electron chi connectivity index (χ1n) is 7.08. The van der Waals surface area contributed by atoms with Gasteiger partial charge in [0.25, 0.3) is 5.91 Å². The molecule has 0 saturated carbocycles. The molecule has 132 valence electrons. The molecule has 0 saturated heterocycles. The molecule has 6 nitrogen and oxygen atoms in total. The standard InChI is InChI=1S/C17H15Cl2NO5/c1-23-12-6-11(7-13(8-12)24-2)20-16(21)9-25-17(22)14-4-3-10(18)5-15(14)19/h3-8H,9H2,1-2H3,(H,20,21). The third kappa shape index (κ3) is 5.27. The van der Waals surface area contributed by atoms with Gasteiger partial charge in [-0.2, -0.15) is 0 Å². The van der Waals surface area contributed by atoms with E-state index in [1.54, 1.807) is 18.2 Å². The molecule has 25 heavy (non-hydrogen) atoms. The van der Waals surface area contributed by atoms with Crippen molar-refractivity contribution in [3.8, 4) is 11.5 Å². The van der Waals surface area contributed by atoms with E-state index in [0.717, 1.165) is 0 Å². The number of ether oxygens (including phenoxy) is 3. The van der Waals surface area contributed by atoms with Gasteiger partial charge in [0.2, 0.25) is 0 Å². The Balaban J connectivity index is 1.97. The number of halogens is 2. The molecule has 0 aromatic heterocycles. The molecule has 0 aliphatic heterocycles. The highest BCUT2D eigenvalue weighted by atomic mass is 35.5. The third-order valence-electron chi connectivity index (χ3n) is 3.12. The molecule has 2 aromatic carbocycles. The minimum absolute atomic E-state index is 0.127. The van der Waals surface area contributed by atoms with E-state index in [4.69, 9.17) is 37.4 Å². The second-order valence-electron chi connectivity index (χ2n) is 4.85. The lowest BCUT2D eigenvalue weighted by molar-refractivity contribution is -0.119. The van der Waals surface area contributed by atoms with Crippen molar-refractivity contribution in [3.63, 3.8) is 0 Å². The predicted molar refractivity (Wildman–Crippen MR) is 94.9 cm³/mol. The van der Waals surface area contributed by atoms with Crippen LogP contribution in [0.1, 0.15) is 10.4 Å². The van der Waals surface area contributed by atoms with Gasteiger partial charge in [0.05, 0.1) is 24.8 Å². The number of carbonyl (C=O) groups excluding carboxylic acids is 2. The zero-order valence-electron chi connectivity index (χ0n) is 13.5. The Morgan fingerprint density at radius 2 is 1.64 bits per heavy atom. The number of amides is 1. The van der Waals surface area contributed by atoms with E-state index in [9.17, 15) is 9.59 Å². The van der Waals surface area contributed by atoms with Crippen molar-refractivity contribution < 1.29 is 23.8 Å². The predicted octanol–water partition coefficient (Wildman–Crippen LogP) is 3.81. The minimum atomic E-state index is -0.722. The molecule has 1 N–H and O–H groups in total. The average molecular weight is 384 g/mol. The van der Waals surface area contributed by atoms with Crippen LogP contribution in [0.2, 0.25) is 10.0 Å². The van der Waals surface area contributed by atoms with Crippen molar-refractivity contribution in [3.05, 3.63) is 52.0 Å². The summed E-state index contributed by atoms with van der Waals surface area (Å²) in [6.45, 7) is -0.475. The van der Waals surface area contributed by atoms with Crippen LogP contribution in [0.4, 0.5) is 5.69 Å². The third-order valence-corrected chi connectivity index (χ3v) is 3.67. The summed E-state index contributed by atoms with van der Waals surface area (Å²) in [6, 6.07) is 9.24. The number of carbonyl (C=O) groups is 2. The van der Waals surface area contributed by atoms with Gasteiger partial charge in [-0.25, -0.2) is 4.79 Å². The fourth-order valence-corrected chi connectivity index (χ4v) is 2.43. The van der Waals surface area contributed by atoms with Gasteiger partial charge in [0, 0.05) is 28.9 Å². The molecule has 0 fully saturated rings. The normalized spacial score (nSPS) is 10.1. The van der Waals surface area contributed by atoms with Crippen molar-refractivity contribution in [2.45, 2.75) is 0 Å². The zero-order chi connectivity index (χ0) is 18.4. The summed E-state index contributed by atoms with van der Waals surface area (Å²) in [5.41, 5.74) is 0.573. The number of nitrogens with one attached hydrogen (secondary N) is 1. The maximum atomic E-state index is 12.0. The Bertz CT molecular complexity index is 772. The first kappa shape index (κ1) is 18.9. The molecule has 2 rings (SSSR count). The number of rotatable bonds is 6. The Hall–Kier alpha value is -2.44. The SMILES string of the molecule is COc1cc(NC(=O)COC(=O)c2ccc(Cl)cc2Cl)cc(OC)c1. The summed E-state index contributed by atoms with van der Waals surface area (Å²) in [6.07, 6.45) is 0. The molecule has 0 spiro atoms. The summed E-state index contributed by atoms with van der Waals surface area (Å²) in [7, 11) is 3.00. The van der Waals surface area contributed by atoms with Crippen LogP contribution < -0.4 is 14.8 Å². The first-order valence-corrected chi connectivity index (χ1v) is 7.83. The number of hydrogen-bond donors (Lipinski definition) is 1. The molecule has 0 bridgehead atoms. The average Bonchev–Trinajstić information content (AvgIpc) is 2.59. The lowest BCUT2D eigenvalue weighted by Crippen LogP contribution is -2.21. The van der Waals surface area contributed by atoms with E-state index in [1.807, 2.05) is 0 Å². The molecule has 2 aromatic rings. The summed E-state index contributed by atoms with van der Waals surface area (Å²) >= 11 is 11.7. The molecular formula is C17H15Cl2NO5. The summed E-state index contributed by atoms with van der Waals surface area (Å²) in [5.74, 6) is -0.215. The van der Waals surface area contributed by atoms with E-state index >= 15 is 0 Å². The fraction of sp³-hybridized carbons (Fsp3) is 0.176. The maximum Gasteiger partial charge on any atom is 0.340 e. The van der Waals surface area contributed by atoms with Gasteiger partial charge < -0.3 is 19.5 Å². The van der Waals surface area contributed by atoms with E-state index < -0.39 is 18.5 Å². The number of benzene rings is 2. The fourth-order valence-electron chi connectivity index (χ4n) is 1.94. The Kier molecular flexibility index (Phi) is 6.50. The van der Waals surface area contributed by atoms with Crippen molar-refractivity contribution in [1.29, 1.82) is 0 Å².